The summed E-state index contributed by atoms with van der Waals surface area (Å²) in [6.07, 6.45) is 0. The summed E-state index contributed by atoms with van der Waals surface area (Å²) in [6, 6.07) is 7.11. The van der Waals surface area contributed by atoms with Crippen LogP contribution in [0.25, 0.3) is 0 Å². The van der Waals surface area contributed by atoms with Gasteiger partial charge < -0.3 is 5.11 Å². The molecule has 0 fully saturated rings. The summed E-state index contributed by atoms with van der Waals surface area (Å²) in [5, 5.41) is 9.15. The molecular formula is C16H27NO3S. The largest absolute Gasteiger partial charge is 0.392 e. The molecule has 120 valence electrons. The van der Waals surface area contributed by atoms with Gasteiger partial charge >= 0.3 is 0 Å². The summed E-state index contributed by atoms with van der Waals surface area (Å²) in [6.45, 7) is 9.10. The molecule has 0 radical (unpaired) electrons. The molecule has 0 atom stereocenters. The smallest absolute Gasteiger partial charge is 0.218 e. The first kappa shape index (κ1) is 18.1. The van der Waals surface area contributed by atoms with Crippen LogP contribution in [0.1, 0.15) is 38.8 Å². The van der Waals surface area contributed by atoms with Gasteiger partial charge in [0.1, 0.15) is 0 Å². The molecule has 0 aliphatic heterocycles. The highest BCUT2D eigenvalue weighted by Gasteiger charge is 2.24. The molecule has 0 spiro atoms. The van der Waals surface area contributed by atoms with Gasteiger partial charge in [-0.2, -0.15) is 0 Å². The van der Waals surface area contributed by atoms with E-state index in [0.717, 1.165) is 11.1 Å². The summed E-state index contributed by atoms with van der Waals surface area (Å²) in [7, 11) is -3.34. The van der Waals surface area contributed by atoms with E-state index in [2.05, 4.69) is 0 Å². The van der Waals surface area contributed by atoms with Gasteiger partial charge in [0.15, 0.2) is 0 Å². The number of sulfonamides is 1. The van der Waals surface area contributed by atoms with Gasteiger partial charge in [-0.15, -0.1) is 0 Å². The molecule has 1 N–H and O–H groups in total. The van der Waals surface area contributed by atoms with Crippen molar-refractivity contribution in [3.8, 4) is 0 Å². The van der Waals surface area contributed by atoms with E-state index < -0.39 is 10.0 Å². The minimum atomic E-state index is -3.34. The normalized spacial score (nSPS) is 12.6. The Morgan fingerprint density at radius 3 is 2.05 bits per heavy atom. The summed E-state index contributed by atoms with van der Waals surface area (Å²) < 4.78 is 26.9. The predicted molar refractivity (Wildman–Crippen MR) is 86.2 cm³/mol. The average Bonchev–Trinajstić information content (AvgIpc) is 2.36. The summed E-state index contributed by atoms with van der Waals surface area (Å²) in [4.78, 5) is 0. The summed E-state index contributed by atoms with van der Waals surface area (Å²) >= 11 is 0. The van der Waals surface area contributed by atoms with E-state index in [0.29, 0.717) is 24.9 Å². The lowest BCUT2D eigenvalue weighted by Crippen LogP contribution is -2.37. The van der Waals surface area contributed by atoms with Crippen LogP contribution in [0.15, 0.2) is 24.3 Å². The maximum Gasteiger partial charge on any atom is 0.218 e. The Labute approximate surface area is 128 Å². The van der Waals surface area contributed by atoms with Crippen molar-refractivity contribution in [2.75, 3.05) is 13.1 Å². The van der Waals surface area contributed by atoms with Crippen LogP contribution in [-0.4, -0.2) is 30.9 Å². The molecule has 0 heterocycles. The minimum Gasteiger partial charge on any atom is -0.392 e. The maximum atomic E-state index is 12.6. The molecule has 21 heavy (non-hydrogen) atoms. The van der Waals surface area contributed by atoms with Crippen LogP contribution in [-0.2, 0) is 22.4 Å². The van der Waals surface area contributed by atoms with Crippen LogP contribution in [0.3, 0.4) is 0 Å². The molecule has 0 bridgehead atoms. The van der Waals surface area contributed by atoms with Gasteiger partial charge in [0.25, 0.3) is 0 Å². The van der Waals surface area contributed by atoms with E-state index >= 15 is 0 Å². The highest BCUT2D eigenvalue weighted by Crippen LogP contribution is 2.16. The third kappa shape index (κ3) is 6.16. The number of aliphatic hydroxyl groups is 1. The quantitative estimate of drug-likeness (QED) is 0.802. The topological polar surface area (TPSA) is 57.6 Å². The fourth-order valence-corrected chi connectivity index (χ4v) is 4.07. The lowest BCUT2D eigenvalue weighted by atomic mass is 10.1. The van der Waals surface area contributed by atoms with Crippen molar-refractivity contribution in [2.24, 2.45) is 11.8 Å². The molecule has 0 saturated carbocycles. The zero-order chi connectivity index (χ0) is 16.0. The molecule has 1 rings (SSSR count). The van der Waals surface area contributed by atoms with Crippen LogP contribution in [0.5, 0.6) is 0 Å². The summed E-state index contributed by atoms with van der Waals surface area (Å²) in [5.41, 5.74) is 1.46. The van der Waals surface area contributed by atoms with Crippen molar-refractivity contribution in [2.45, 2.75) is 40.1 Å². The van der Waals surface area contributed by atoms with E-state index in [1.807, 2.05) is 27.7 Å². The Morgan fingerprint density at radius 2 is 1.57 bits per heavy atom. The number of benzene rings is 1. The highest BCUT2D eigenvalue weighted by molar-refractivity contribution is 7.88. The Balaban J connectivity index is 2.93. The second-order valence-corrected chi connectivity index (χ2v) is 8.31. The van der Waals surface area contributed by atoms with Gasteiger partial charge in [-0.05, 0) is 23.0 Å². The zero-order valence-corrected chi connectivity index (χ0v) is 14.2. The lowest BCUT2D eigenvalue weighted by molar-refractivity contribution is 0.281. The number of hydrogen-bond donors (Lipinski definition) is 1. The third-order valence-corrected chi connectivity index (χ3v) is 4.84. The second-order valence-electron chi connectivity index (χ2n) is 6.34. The molecule has 0 saturated heterocycles. The van der Waals surface area contributed by atoms with E-state index in [-0.39, 0.29) is 12.4 Å². The van der Waals surface area contributed by atoms with Gasteiger partial charge in [0.05, 0.1) is 12.4 Å². The Kier molecular flexibility index (Phi) is 6.84. The molecule has 1 aromatic carbocycles. The average molecular weight is 313 g/mol. The van der Waals surface area contributed by atoms with Crippen molar-refractivity contribution in [1.29, 1.82) is 0 Å². The molecule has 0 amide bonds. The Morgan fingerprint density at radius 1 is 1.05 bits per heavy atom. The highest BCUT2D eigenvalue weighted by atomic mass is 32.2. The zero-order valence-electron chi connectivity index (χ0n) is 13.4. The SMILES string of the molecule is CC(C)CN(CC(C)C)S(=O)(=O)Cc1cccc(CO)c1. The number of hydrogen-bond acceptors (Lipinski definition) is 3. The van der Waals surface area contributed by atoms with Crippen molar-refractivity contribution in [1.82, 2.24) is 4.31 Å². The van der Waals surface area contributed by atoms with E-state index in [1.165, 1.54) is 0 Å². The second kappa shape index (κ2) is 7.92. The number of nitrogens with zero attached hydrogens (tertiary/aromatic N) is 1. The van der Waals surface area contributed by atoms with Crippen molar-refractivity contribution in [3.63, 3.8) is 0 Å². The predicted octanol–water partition coefficient (Wildman–Crippen LogP) is 2.62. The molecule has 0 aromatic heterocycles. The summed E-state index contributed by atoms with van der Waals surface area (Å²) in [5.74, 6) is 0.574. The molecule has 5 heteroatoms. The van der Waals surface area contributed by atoms with E-state index in [1.54, 1.807) is 28.6 Å². The van der Waals surface area contributed by atoms with Crippen LogP contribution in [0.4, 0.5) is 0 Å². The molecule has 0 aliphatic rings. The Bertz CT molecular complexity index is 528. The first-order chi connectivity index (χ1) is 9.74. The molecule has 0 aliphatic carbocycles. The van der Waals surface area contributed by atoms with E-state index in [9.17, 15) is 8.42 Å². The third-order valence-electron chi connectivity index (χ3n) is 3.05. The number of rotatable bonds is 8. The van der Waals surface area contributed by atoms with Crippen molar-refractivity contribution in [3.05, 3.63) is 35.4 Å². The Hall–Kier alpha value is -0.910. The number of aliphatic hydroxyl groups excluding tert-OH is 1. The van der Waals surface area contributed by atoms with Crippen LogP contribution < -0.4 is 0 Å². The van der Waals surface area contributed by atoms with Gasteiger partial charge in [-0.25, -0.2) is 12.7 Å². The molecule has 0 unspecified atom stereocenters. The van der Waals surface area contributed by atoms with Crippen LogP contribution in [0.2, 0.25) is 0 Å². The fraction of sp³-hybridized carbons (Fsp3) is 0.625. The van der Waals surface area contributed by atoms with Gasteiger partial charge in [0.2, 0.25) is 10.0 Å². The van der Waals surface area contributed by atoms with Gasteiger partial charge in [-0.1, -0.05) is 52.0 Å². The molecular weight excluding hydrogens is 286 g/mol. The lowest BCUT2D eigenvalue weighted by Gasteiger charge is -2.25. The van der Waals surface area contributed by atoms with Crippen LogP contribution in [0, 0.1) is 11.8 Å². The molecule has 4 nitrogen and oxygen atoms in total. The maximum absolute atomic E-state index is 12.6. The van der Waals surface area contributed by atoms with Crippen molar-refractivity contribution < 1.29 is 13.5 Å². The van der Waals surface area contributed by atoms with Gasteiger partial charge in [-0.3, -0.25) is 0 Å². The van der Waals surface area contributed by atoms with E-state index in [4.69, 9.17) is 5.11 Å². The van der Waals surface area contributed by atoms with Gasteiger partial charge in [0, 0.05) is 13.1 Å². The molecule has 1 aromatic rings. The van der Waals surface area contributed by atoms with Crippen molar-refractivity contribution >= 4 is 10.0 Å². The fourth-order valence-electron chi connectivity index (χ4n) is 2.24. The standard InChI is InChI=1S/C16H27NO3S/c1-13(2)9-17(10-14(3)4)21(19,20)12-16-7-5-6-15(8-16)11-18/h5-8,13-14,18H,9-12H2,1-4H3. The monoisotopic (exact) mass is 313 g/mol. The van der Waals surface area contributed by atoms with Crippen LogP contribution >= 0.6 is 0 Å². The first-order valence-corrected chi connectivity index (χ1v) is 9.02. The first-order valence-electron chi connectivity index (χ1n) is 7.41. The minimum absolute atomic E-state index is 0.0136.